The van der Waals surface area contributed by atoms with E-state index in [4.69, 9.17) is 9.47 Å². The molecule has 4 heteroatoms. The first kappa shape index (κ1) is 12.1. The van der Waals surface area contributed by atoms with Gasteiger partial charge in [-0.1, -0.05) is 0 Å². The molecule has 0 atom stereocenters. The summed E-state index contributed by atoms with van der Waals surface area (Å²) in [5.41, 5.74) is 3.48. The summed E-state index contributed by atoms with van der Waals surface area (Å²) in [6.07, 6.45) is 4.56. The molecule has 1 amide bonds. The summed E-state index contributed by atoms with van der Waals surface area (Å²) in [4.78, 5) is 14.4. The average molecular weight is 273 g/mol. The van der Waals surface area contributed by atoms with Crippen molar-refractivity contribution < 1.29 is 14.3 Å². The van der Waals surface area contributed by atoms with Gasteiger partial charge in [-0.05, 0) is 18.9 Å². The monoisotopic (exact) mass is 273 g/mol. The smallest absolute Gasteiger partial charge is 0.227 e. The van der Waals surface area contributed by atoms with Crippen molar-refractivity contribution in [1.82, 2.24) is 4.90 Å². The molecule has 3 heterocycles. The summed E-state index contributed by atoms with van der Waals surface area (Å²) in [7, 11) is 0. The second kappa shape index (κ2) is 4.69. The number of rotatable bonds is 2. The lowest BCUT2D eigenvalue weighted by Gasteiger charge is -2.18. The SMILES string of the molecule is O=C(Cc1c2c(cc3c1OCC3)OCC2)N1CCCC1. The molecule has 4 nitrogen and oxygen atoms in total. The van der Waals surface area contributed by atoms with Gasteiger partial charge < -0.3 is 14.4 Å². The molecule has 1 aromatic rings. The molecule has 1 saturated heterocycles. The zero-order valence-corrected chi connectivity index (χ0v) is 11.6. The minimum Gasteiger partial charge on any atom is -0.493 e. The van der Waals surface area contributed by atoms with E-state index in [0.717, 1.165) is 69.0 Å². The molecule has 0 spiro atoms. The minimum atomic E-state index is 0.237. The van der Waals surface area contributed by atoms with Crippen molar-refractivity contribution in [2.75, 3.05) is 26.3 Å². The molecule has 0 radical (unpaired) electrons. The number of carbonyl (C=O) groups is 1. The predicted octanol–water partition coefficient (Wildman–Crippen LogP) is 1.72. The Kier molecular flexibility index (Phi) is 2.83. The quantitative estimate of drug-likeness (QED) is 0.823. The number of fused-ring (bicyclic) bond motifs is 2. The predicted molar refractivity (Wildman–Crippen MR) is 74.4 cm³/mol. The molecule has 106 valence electrons. The van der Waals surface area contributed by atoms with Crippen molar-refractivity contribution in [2.45, 2.75) is 32.1 Å². The Labute approximate surface area is 118 Å². The third kappa shape index (κ3) is 1.86. The van der Waals surface area contributed by atoms with Crippen LogP contribution in [-0.2, 0) is 24.1 Å². The zero-order valence-electron chi connectivity index (χ0n) is 11.6. The molecule has 3 aliphatic rings. The van der Waals surface area contributed by atoms with Gasteiger partial charge in [0, 0.05) is 42.6 Å². The van der Waals surface area contributed by atoms with Crippen LogP contribution >= 0.6 is 0 Å². The van der Waals surface area contributed by atoms with Crippen molar-refractivity contribution in [2.24, 2.45) is 0 Å². The van der Waals surface area contributed by atoms with Crippen molar-refractivity contribution in [1.29, 1.82) is 0 Å². The average Bonchev–Trinajstić information content (AvgIpc) is 3.19. The minimum absolute atomic E-state index is 0.237. The van der Waals surface area contributed by atoms with Crippen LogP contribution in [0, 0.1) is 0 Å². The third-order valence-electron chi connectivity index (χ3n) is 4.55. The van der Waals surface area contributed by atoms with E-state index in [1.807, 2.05) is 4.90 Å². The van der Waals surface area contributed by atoms with E-state index in [0.29, 0.717) is 6.42 Å². The van der Waals surface area contributed by atoms with Crippen LogP contribution in [-0.4, -0.2) is 37.1 Å². The molecular formula is C16H19NO3. The molecule has 0 aliphatic carbocycles. The first-order valence-electron chi connectivity index (χ1n) is 7.54. The number of likely N-dealkylation sites (tertiary alicyclic amines) is 1. The molecule has 0 aromatic heterocycles. The molecule has 0 bridgehead atoms. The molecule has 0 unspecified atom stereocenters. The number of carbonyl (C=O) groups excluding carboxylic acids is 1. The van der Waals surface area contributed by atoms with Gasteiger partial charge in [0.15, 0.2) is 0 Å². The Balaban J connectivity index is 1.68. The first-order chi connectivity index (χ1) is 9.83. The van der Waals surface area contributed by atoms with Crippen molar-refractivity contribution in [3.63, 3.8) is 0 Å². The van der Waals surface area contributed by atoms with E-state index in [9.17, 15) is 4.79 Å². The summed E-state index contributed by atoms with van der Waals surface area (Å²) < 4.78 is 11.5. The highest BCUT2D eigenvalue weighted by atomic mass is 16.5. The van der Waals surface area contributed by atoms with Gasteiger partial charge in [0.05, 0.1) is 19.6 Å². The van der Waals surface area contributed by atoms with E-state index >= 15 is 0 Å². The number of hydrogen-bond acceptors (Lipinski definition) is 3. The standard InChI is InChI=1S/C16H19NO3/c18-15(17-5-1-2-6-17)10-13-12-4-8-19-14(12)9-11-3-7-20-16(11)13/h9H,1-8,10H2. The summed E-state index contributed by atoms with van der Waals surface area (Å²) in [6.45, 7) is 3.27. The van der Waals surface area contributed by atoms with Gasteiger partial charge in [-0.2, -0.15) is 0 Å². The van der Waals surface area contributed by atoms with Crippen LogP contribution in [0.5, 0.6) is 11.5 Å². The summed E-state index contributed by atoms with van der Waals surface area (Å²) in [5.74, 6) is 2.17. The van der Waals surface area contributed by atoms with Crippen LogP contribution < -0.4 is 9.47 Å². The fraction of sp³-hybridized carbons (Fsp3) is 0.562. The van der Waals surface area contributed by atoms with Gasteiger partial charge >= 0.3 is 0 Å². The Bertz CT molecular complexity index is 529. The number of amides is 1. The largest absolute Gasteiger partial charge is 0.493 e. The normalized spacial score (nSPS) is 19.5. The van der Waals surface area contributed by atoms with Gasteiger partial charge in [0.1, 0.15) is 11.5 Å². The first-order valence-corrected chi connectivity index (χ1v) is 7.54. The zero-order chi connectivity index (χ0) is 13.5. The lowest BCUT2D eigenvalue weighted by atomic mass is 9.97. The van der Waals surface area contributed by atoms with Crippen LogP contribution in [0.25, 0.3) is 0 Å². The van der Waals surface area contributed by atoms with Gasteiger partial charge in [0.2, 0.25) is 5.91 Å². The van der Waals surface area contributed by atoms with Crippen LogP contribution in [0.15, 0.2) is 6.07 Å². The molecule has 1 fully saturated rings. The Hall–Kier alpha value is -1.71. The lowest BCUT2D eigenvalue weighted by Crippen LogP contribution is -2.29. The lowest BCUT2D eigenvalue weighted by molar-refractivity contribution is -0.129. The summed E-state index contributed by atoms with van der Waals surface area (Å²) in [5, 5.41) is 0. The number of nitrogens with zero attached hydrogens (tertiary/aromatic N) is 1. The maximum absolute atomic E-state index is 12.4. The second-order valence-corrected chi connectivity index (χ2v) is 5.78. The molecular weight excluding hydrogens is 254 g/mol. The molecule has 0 N–H and O–H groups in total. The molecule has 1 aromatic carbocycles. The molecule has 20 heavy (non-hydrogen) atoms. The van der Waals surface area contributed by atoms with Gasteiger partial charge in [-0.25, -0.2) is 0 Å². The van der Waals surface area contributed by atoms with E-state index in [1.165, 1.54) is 11.1 Å². The molecule has 3 aliphatic heterocycles. The maximum atomic E-state index is 12.4. The Morgan fingerprint density at radius 3 is 2.80 bits per heavy atom. The van der Waals surface area contributed by atoms with Crippen LogP contribution in [0.2, 0.25) is 0 Å². The van der Waals surface area contributed by atoms with Gasteiger partial charge in [0.25, 0.3) is 0 Å². The summed E-state index contributed by atoms with van der Waals surface area (Å²) >= 11 is 0. The highest BCUT2D eigenvalue weighted by Crippen LogP contribution is 2.41. The topological polar surface area (TPSA) is 38.8 Å². The van der Waals surface area contributed by atoms with Crippen LogP contribution in [0.3, 0.4) is 0 Å². The number of hydrogen-bond donors (Lipinski definition) is 0. The van der Waals surface area contributed by atoms with E-state index < -0.39 is 0 Å². The van der Waals surface area contributed by atoms with Crippen LogP contribution in [0.1, 0.15) is 29.5 Å². The summed E-state index contributed by atoms with van der Waals surface area (Å²) in [6, 6.07) is 2.11. The number of benzene rings is 1. The molecule has 0 saturated carbocycles. The molecule has 4 rings (SSSR count). The second-order valence-electron chi connectivity index (χ2n) is 5.78. The number of ether oxygens (including phenoxy) is 2. The Morgan fingerprint density at radius 2 is 1.95 bits per heavy atom. The van der Waals surface area contributed by atoms with Crippen molar-refractivity contribution in [3.8, 4) is 11.5 Å². The van der Waals surface area contributed by atoms with E-state index in [-0.39, 0.29) is 5.91 Å². The fourth-order valence-corrected chi connectivity index (χ4v) is 3.50. The third-order valence-corrected chi connectivity index (χ3v) is 4.55. The highest BCUT2D eigenvalue weighted by Gasteiger charge is 2.29. The van der Waals surface area contributed by atoms with Gasteiger partial charge in [-0.3, -0.25) is 4.79 Å². The van der Waals surface area contributed by atoms with Gasteiger partial charge in [-0.15, -0.1) is 0 Å². The van der Waals surface area contributed by atoms with Crippen molar-refractivity contribution >= 4 is 5.91 Å². The van der Waals surface area contributed by atoms with Crippen LogP contribution in [0.4, 0.5) is 0 Å². The fourth-order valence-electron chi connectivity index (χ4n) is 3.50. The van der Waals surface area contributed by atoms with Crippen molar-refractivity contribution in [3.05, 3.63) is 22.8 Å². The van der Waals surface area contributed by atoms with E-state index in [1.54, 1.807) is 0 Å². The Morgan fingerprint density at radius 1 is 1.15 bits per heavy atom. The van der Waals surface area contributed by atoms with E-state index in [2.05, 4.69) is 6.07 Å². The highest BCUT2D eigenvalue weighted by molar-refractivity contribution is 5.81. The maximum Gasteiger partial charge on any atom is 0.227 e.